The predicted octanol–water partition coefficient (Wildman–Crippen LogP) is 1.40. The molecule has 2 aliphatic rings. The van der Waals surface area contributed by atoms with E-state index >= 15 is 0 Å². The molecule has 23 heavy (non-hydrogen) atoms. The van der Waals surface area contributed by atoms with Crippen LogP contribution in [0.3, 0.4) is 0 Å². The zero-order valence-electron chi connectivity index (χ0n) is 13.0. The van der Waals surface area contributed by atoms with Gasteiger partial charge in [0, 0.05) is 38.5 Å². The fraction of sp³-hybridized carbons (Fsp3) is 0.625. The van der Waals surface area contributed by atoms with Crippen molar-refractivity contribution in [3.8, 4) is 0 Å². The van der Waals surface area contributed by atoms with Crippen LogP contribution in [0, 0.1) is 0 Å². The van der Waals surface area contributed by atoms with Gasteiger partial charge < -0.3 is 19.9 Å². The summed E-state index contributed by atoms with van der Waals surface area (Å²) in [6, 6.07) is 1.50. The highest BCUT2D eigenvalue weighted by molar-refractivity contribution is 6.30. The zero-order valence-corrected chi connectivity index (χ0v) is 13.8. The molecule has 2 aliphatic heterocycles. The maximum Gasteiger partial charge on any atom is 0.260 e. The van der Waals surface area contributed by atoms with Gasteiger partial charge in [0.1, 0.15) is 5.56 Å². The van der Waals surface area contributed by atoms with Gasteiger partial charge in [0.2, 0.25) is 0 Å². The Morgan fingerprint density at radius 1 is 1.39 bits per heavy atom. The molecule has 6 nitrogen and oxygen atoms in total. The number of halogens is 1. The number of H-pyrrole nitrogens is 1. The third kappa shape index (κ3) is 4.34. The summed E-state index contributed by atoms with van der Waals surface area (Å²) in [5.74, 6) is -0.355. The third-order valence-electron chi connectivity index (χ3n) is 4.52. The fourth-order valence-electron chi connectivity index (χ4n) is 3.23. The van der Waals surface area contributed by atoms with Crippen LogP contribution in [-0.2, 0) is 4.74 Å². The number of pyridine rings is 1. The van der Waals surface area contributed by atoms with Gasteiger partial charge in [0.25, 0.3) is 11.5 Å². The van der Waals surface area contributed by atoms with Crippen LogP contribution in [0.4, 0.5) is 0 Å². The molecule has 3 rings (SSSR count). The Bertz CT molecular complexity index is 605. The minimum atomic E-state index is -0.414. The Balaban J connectivity index is 1.49. The number of hydrogen-bond acceptors (Lipinski definition) is 4. The highest BCUT2D eigenvalue weighted by Crippen LogP contribution is 2.17. The molecule has 0 aliphatic carbocycles. The Morgan fingerprint density at radius 3 is 2.87 bits per heavy atom. The van der Waals surface area contributed by atoms with E-state index in [0.717, 1.165) is 51.9 Å². The van der Waals surface area contributed by atoms with Crippen molar-refractivity contribution in [3.05, 3.63) is 33.2 Å². The summed E-state index contributed by atoms with van der Waals surface area (Å²) in [6.07, 6.45) is 5.82. The summed E-state index contributed by atoms with van der Waals surface area (Å²) in [6.45, 7) is 3.74. The number of piperidine rings is 1. The minimum absolute atomic E-state index is 0.0688. The summed E-state index contributed by atoms with van der Waals surface area (Å²) < 4.78 is 5.67. The molecule has 1 amide bonds. The maximum absolute atomic E-state index is 12.2. The van der Waals surface area contributed by atoms with Crippen LogP contribution < -0.4 is 10.9 Å². The molecule has 2 N–H and O–H groups in total. The number of likely N-dealkylation sites (tertiary alicyclic amines) is 1. The molecule has 7 heteroatoms. The Hall–Kier alpha value is -1.37. The molecule has 0 saturated carbocycles. The quantitative estimate of drug-likeness (QED) is 0.869. The molecule has 0 radical (unpaired) electrons. The smallest absolute Gasteiger partial charge is 0.260 e. The van der Waals surface area contributed by atoms with Crippen LogP contribution in [0.1, 0.15) is 36.0 Å². The maximum atomic E-state index is 12.2. The first kappa shape index (κ1) is 16.5. The molecule has 1 atom stereocenters. The van der Waals surface area contributed by atoms with Crippen molar-refractivity contribution in [1.29, 1.82) is 0 Å². The minimum Gasteiger partial charge on any atom is -0.377 e. The molecule has 2 fully saturated rings. The molecule has 3 heterocycles. The van der Waals surface area contributed by atoms with Crippen molar-refractivity contribution >= 4 is 17.5 Å². The molecule has 126 valence electrons. The molecule has 1 aromatic rings. The number of amides is 1. The van der Waals surface area contributed by atoms with Crippen LogP contribution in [0.15, 0.2) is 17.1 Å². The van der Waals surface area contributed by atoms with E-state index in [0.29, 0.717) is 11.1 Å². The first-order valence-corrected chi connectivity index (χ1v) is 8.52. The van der Waals surface area contributed by atoms with Crippen LogP contribution in [-0.4, -0.2) is 54.2 Å². The van der Waals surface area contributed by atoms with E-state index < -0.39 is 5.56 Å². The largest absolute Gasteiger partial charge is 0.377 e. The van der Waals surface area contributed by atoms with E-state index in [1.807, 2.05) is 0 Å². The fourth-order valence-corrected chi connectivity index (χ4v) is 3.39. The highest BCUT2D eigenvalue weighted by Gasteiger charge is 2.25. The summed E-state index contributed by atoms with van der Waals surface area (Å²) in [4.78, 5) is 28.8. The number of hydrogen-bond donors (Lipinski definition) is 2. The summed E-state index contributed by atoms with van der Waals surface area (Å²) in [5, 5.41) is 3.29. The lowest BCUT2D eigenvalue weighted by molar-refractivity contribution is 0.0612. The van der Waals surface area contributed by atoms with Gasteiger partial charge in [0.05, 0.1) is 11.1 Å². The predicted molar refractivity (Wildman–Crippen MR) is 88.0 cm³/mol. The van der Waals surface area contributed by atoms with Crippen molar-refractivity contribution < 1.29 is 9.53 Å². The Kier molecular flexibility index (Phi) is 5.35. The molecule has 2 saturated heterocycles. The van der Waals surface area contributed by atoms with E-state index in [9.17, 15) is 9.59 Å². The zero-order chi connectivity index (χ0) is 16.2. The Morgan fingerprint density at radius 2 is 2.17 bits per heavy atom. The second-order valence-corrected chi connectivity index (χ2v) is 6.68. The van der Waals surface area contributed by atoms with Gasteiger partial charge in [-0.25, -0.2) is 0 Å². The van der Waals surface area contributed by atoms with Gasteiger partial charge in [-0.3, -0.25) is 9.59 Å². The lowest BCUT2D eigenvalue weighted by Gasteiger charge is -2.33. The summed E-state index contributed by atoms with van der Waals surface area (Å²) >= 11 is 5.84. The first-order chi connectivity index (χ1) is 11.1. The van der Waals surface area contributed by atoms with E-state index in [2.05, 4.69) is 15.2 Å². The molecule has 0 unspecified atom stereocenters. The van der Waals surface area contributed by atoms with Crippen molar-refractivity contribution in [1.82, 2.24) is 15.2 Å². The van der Waals surface area contributed by atoms with Gasteiger partial charge in [0.15, 0.2) is 0 Å². The lowest BCUT2D eigenvalue weighted by atomic mass is 10.0. The van der Waals surface area contributed by atoms with Crippen LogP contribution in [0.25, 0.3) is 0 Å². The van der Waals surface area contributed by atoms with Crippen molar-refractivity contribution in [3.63, 3.8) is 0 Å². The van der Waals surface area contributed by atoms with Gasteiger partial charge in [-0.15, -0.1) is 0 Å². The van der Waals surface area contributed by atoms with Crippen molar-refractivity contribution in [2.45, 2.75) is 37.8 Å². The highest BCUT2D eigenvalue weighted by atomic mass is 35.5. The molecule has 0 aromatic carbocycles. The van der Waals surface area contributed by atoms with Crippen molar-refractivity contribution in [2.75, 3.05) is 26.2 Å². The van der Waals surface area contributed by atoms with E-state index in [1.54, 1.807) is 0 Å². The van der Waals surface area contributed by atoms with Crippen LogP contribution >= 0.6 is 11.6 Å². The second-order valence-electron chi connectivity index (χ2n) is 6.24. The number of ether oxygens (including phenoxy) is 1. The monoisotopic (exact) mass is 339 g/mol. The molecule has 1 aromatic heterocycles. The number of nitrogens with zero attached hydrogens (tertiary/aromatic N) is 1. The molecule has 0 spiro atoms. The van der Waals surface area contributed by atoms with E-state index in [4.69, 9.17) is 16.3 Å². The first-order valence-electron chi connectivity index (χ1n) is 8.15. The number of aromatic amines is 1. The lowest BCUT2D eigenvalue weighted by Crippen LogP contribution is -2.47. The summed E-state index contributed by atoms with van der Waals surface area (Å²) in [7, 11) is 0. The van der Waals surface area contributed by atoms with Gasteiger partial charge >= 0.3 is 0 Å². The van der Waals surface area contributed by atoms with Gasteiger partial charge in [-0.05, 0) is 31.7 Å². The second kappa shape index (κ2) is 7.47. The standard InChI is InChI=1S/C16H22ClN3O3/c17-11-8-14(15(21)18-9-11)16(22)19-12-3-5-20(6-4-12)10-13-2-1-7-23-13/h8-9,12-13H,1-7,10H2,(H,18,21)(H,19,22)/t13-/m1/s1. The van der Waals surface area contributed by atoms with E-state index in [-0.39, 0.29) is 17.5 Å². The SMILES string of the molecule is O=C(NC1CCN(C[C@H]2CCCO2)CC1)c1cc(Cl)c[nH]c1=O. The van der Waals surface area contributed by atoms with Crippen molar-refractivity contribution in [2.24, 2.45) is 0 Å². The number of nitrogens with one attached hydrogen (secondary N) is 2. The molecule has 0 bridgehead atoms. The molecular weight excluding hydrogens is 318 g/mol. The number of rotatable bonds is 4. The topological polar surface area (TPSA) is 74.4 Å². The average Bonchev–Trinajstić information content (AvgIpc) is 3.04. The average molecular weight is 340 g/mol. The van der Waals surface area contributed by atoms with Crippen LogP contribution in [0.2, 0.25) is 5.02 Å². The normalized spacial score (nSPS) is 23.1. The summed E-state index contributed by atoms with van der Waals surface area (Å²) in [5.41, 5.74) is -0.345. The van der Waals surface area contributed by atoms with Gasteiger partial charge in [-0.1, -0.05) is 11.6 Å². The number of carbonyl (C=O) groups is 1. The Labute approximate surface area is 140 Å². The molecular formula is C16H22ClN3O3. The van der Waals surface area contributed by atoms with E-state index in [1.165, 1.54) is 12.3 Å². The third-order valence-corrected chi connectivity index (χ3v) is 4.74. The number of carbonyl (C=O) groups excluding carboxylic acids is 1. The number of aromatic nitrogens is 1. The van der Waals surface area contributed by atoms with Crippen LogP contribution in [0.5, 0.6) is 0 Å². The van der Waals surface area contributed by atoms with Gasteiger partial charge in [-0.2, -0.15) is 0 Å².